The predicted octanol–water partition coefficient (Wildman–Crippen LogP) is 2.29. The third kappa shape index (κ3) is 3.72. The fourth-order valence-corrected chi connectivity index (χ4v) is 1.18. The van der Waals surface area contributed by atoms with E-state index in [9.17, 15) is 0 Å². The number of nitrogens with two attached hydrogens (primary N) is 1. The minimum absolute atomic E-state index is 0.0976. The van der Waals surface area contributed by atoms with Crippen LogP contribution in [0.5, 0.6) is 0 Å². The highest BCUT2D eigenvalue weighted by Crippen LogP contribution is 2.08. The molecule has 1 rings (SSSR count). The number of benzene rings is 1. The Morgan fingerprint density at radius 2 is 2.27 bits per heavy atom. The van der Waals surface area contributed by atoms with Crippen molar-refractivity contribution in [3.8, 4) is 0 Å². The molecule has 3 N–H and O–H groups in total. The van der Waals surface area contributed by atoms with Crippen LogP contribution in [0.1, 0.15) is 31.4 Å². The summed E-state index contributed by atoms with van der Waals surface area (Å²) in [5.41, 5.74) is 7.22. The highest BCUT2D eigenvalue weighted by molar-refractivity contribution is 5.95. The van der Waals surface area contributed by atoms with Gasteiger partial charge in [0.25, 0.3) is 0 Å². The number of amidine groups is 1. The van der Waals surface area contributed by atoms with E-state index in [1.165, 1.54) is 0 Å². The van der Waals surface area contributed by atoms with E-state index in [1.807, 2.05) is 24.3 Å². The van der Waals surface area contributed by atoms with Crippen LogP contribution >= 0.6 is 0 Å². The molecule has 0 aliphatic heterocycles. The maximum atomic E-state index is 7.32. The van der Waals surface area contributed by atoms with E-state index in [4.69, 9.17) is 15.9 Å². The predicted molar refractivity (Wildman–Crippen MR) is 62.0 cm³/mol. The number of nitrogens with one attached hydrogen (secondary N) is 1. The average Bonchev–Trinajstić information content (AvgIpc) is 2.26. The third-order valence-corrected chi connectivity index (χ3v) is 2.35. The summed E-state index contributed by atoms with van der Waals surface area (Å²) >= 11 is 0. The van der Waals surface area contributed by atoms with Crippen molar-refractivity contribution in [2.45, 2.75) is 33.0 Å². The molecule has 0 saturated carbocycles. The summed E-state index contributed by atoms with van der Waals surface area (Å²) in [4.78, 5) is 0. The van der Waals surface area contributed by atoms with Gasteiger partial charge in [0.15, 0.2) is 0 Å². The molecule has 0 radical (unpaired) electrons. The maximum absolute atomic E-state index is 7.32. The summed E-state index contributed by atoms with van der Waals surface area (Å²) in [5.74, 6) is 0.0976. The Bertz CT molecular complexity index is 336. The molecule has 1 unspecified atom stereocenters. The van der Waals surface area contributed by atoms with Crippen LogP contribution in [-0.2, 0) is 11.3 Å². The molecule has 0 spiro atoms. The summed E-state index contributed by atoms with van der Waals surface area (Å²) in [6.45, 7) is 4.72. The van der Waals surface area contributed by atoms with Gasteiger partial charge in [0, 0.05) is 5.56 Å². The van der Waals surface area contributed by atoms with Crippen LogP contribution in [0, 0.1) is 5.41 Å². The Morgan fingerprint density at radius 3 is 2.87 bits per heavy atom. The molecule has 0 heterocycles. The molecule has 0 fully saturated rings. The van der Waals surface area contributed by atoms with Gasteiger partial charge in [0.1, 0.15) is 5.84 Å². The monoisotopic (exact) mass is 206 g/mol. The molecule has 1 aromatic rings. The Kier molecular flexibility index (Phi) is 4.31. The second kappa shape index (κ2) is 5.51. The molecule has 3 nitrogen and oxygen atoms in total. The number of nitrogen functional groups attached to an aromatic ring is 1. The van der Waals surface area contributed by atoms with Gasteiger partial charge in [-0.15, -0.1) is 0 Å². The van der Waals surface area contributed by atoms with Crippen molar-refractivity contribution in [2.75, 3.05) is 0 Å². The molecule has 1 aromatic carbocycles. The van der Waals surface area contributed by atoms with E-state index in [0.29, 0.717) is 6.61 Å². The van der Waals surface area contributed by atoms with Crippen LogP contribution in [0.4, 0.5) is 0 Å². The van der Waals surface area contributed by atoms with Gasteiger partial charge in [0.2, 0.25) is 0 Å². The van der Waals surface area contributed by atoms with Crippen LogP contribution in [0.25, 0.3) is 0 Å². The van der Waals surface area contributed by atoms with Gasteiger partial charge in [-0.05, 0) is 25.0 Å². The summed E-state index contributed by atoms with van der Waals surface area (Å²) in [6.07, 6.45) is 1.28. The number of hydrogen-bond acceptors (Lipinski definition) is 2. The largest absolute Gasteiger partial charge is 0.384 e. The second-order valence-electron chi connectivity index (χ2n) is 3.64. The van der Waals surface area contributed by atoms with E-state index in [0.717, 1.165) is 17.5 Å². The average molecular weight is 206 g/mol. The van der Waals surface area contributed by atoms with E-state index in [-0.39, 0.29) is 11.9 Å². The van der Waals surface area contributed by atoms with E-state index >= 15 is 0 Å². The molecule has 0 bridgehead atoms. The lowest BCUT2D eigenvalue weighted by Gasteiger charge is -2.10. The zero-order chi connectivity index (χ0) is 11.3. The van der Waals surface area contributed by atoms with Gasteiger partial charge in [-0.2, -0.15) is 0 Å². The number of hydrogen-bond donors (Lipinski definition) is 2. The quantitative estimate of drug-likeness (QED) is 0.573. The first kappa shape index (κ1) is 11.7. The Morgan fingerprint density at radius 1 is 1.53 bits per heavy atom. The fourth-order valence-electron chi connectivity index (χ4n) is 1.18. The Balaban J connectivity index is 2.62. The van der Waals surface area contributed by atoms with Crippen molar-refractivity contribution in [1.82, 2.24) is 0 Å². The molecule has 0 aromatic heterocycles. The summed E-state index contributed by atoms with van der Waals surface area (Å²) in [6, 6.07) is 7.60. The van der Waals surface area contributed by atoms with Gasteiger partial charge < -0.3 is 10.5 Å². The first-order valence-electron chi connectivity index (χ1n) is 5.18. The smallest absolute Gasteiger partial charge is 0.122 e. The normalized spacial score (nSPS) is 12.4. The van der Waals surface area contributed by atoms with Gasteiger partial charge in [-0.3, -0.25) is 5.41 Å². The fraction of sp³-hybridized carbons (Fsp3) is 0.417. The summed E-state index contributed by atoms with van der Waals surface area (Å²) in [5, 5.41) is 7.32. The third-order valence-electron chi connectivity index (χ3n) is 2.35. The zero-order valence-electron chi connectivity index (χ0n) is 9.29. The summed E-state index contributed by atoms with van der Waals surface area (Å²) in [7, 11) is 0. The Hall–Kier alpha value is -1.35. The van der Waals surface area contributed by atoms with Crippen LogP contribution < -0.4 is 5.73 Å². The van der Waals surface area contributed by atoms with Crippen molar-refractivity contribution in [3.05, 3.63) is 35.4 Å². The highest BCUT2D eigenvalue weighted by Gasteiger charge is 2.01. The van der Waals surface area contributed by atoms with Crippen molar-refractivity contribution < 1.29 is 4.74 Å². The first-order chi connectivity index (χ1) is 7.13. The van der Waals surface area contributed by atoms with Crippen LogP contribution in [-0.4, -0.2) is 11.9 Å². The van der Waals surface area contributed by atoms with E-state index in [1.54, 1.807) is 0 Å². The molecule has 15 heavy (non-hydrogen) atoms. The van der Waals surface area contributed by atoms with Gasteiger partial charge in [-0.25, -0.2) is 0 Å². The summed E-state index contributed by atoms with van der Waals surface area (Å²) < 4.78 is 5.60. The molecule has 0 aliphatic rings. The molecular formula is C12H18N2O. The molecule has 3 heteroatoms. The topological polar surface area (TPSA) is 59.1 Å². The lowest BCUT2D eigenvalue weighted by molar-refractivity contribution is 0.0508. The Labute approximate surface area is 90.8 Å². The molecule has 82 valence electrons. The zero-order valence-corrected chi connectivity index (χ0v) is 9.29. The van der Waals surface area contributed by atoms with Crippen LogP contribution in [0.2, 0.25) is 0 Å². The van der Waals surface area contributed by atoms with E-state index in [2.05, 4.69) is 13.8 Å². The molecule has 0 aliphatic carbocycles. The van der Waals surface area contributed by atoms with Crippen LogP contribution in [0.15, 0.2) is 24.3 Å². The van der Waals surface area contributed by atoms with Gasteiger partial charge in [-0.1, -0.05) is 25.1 Å². The van der Waals surface area contributed by atoms with Gasteiger partial charge >= 0.3 is 0 Å². The molecular weight excluding hydrogens is 188 g/mol. The van der Waals surface area contributed by atoms with Crippen molar-refractivity contribution in [3.63, 3.8) is 0 Å². The minimum atomic E-state index is 0.0976. The van der Waals surface area contributed by atoms with Crippen LogP contribution in [0.3, 0.4) is 0 Å². The second-order valence-corrected chi connectivity index (χ2v) is 3.64. The van der Waals surface area contributed by atoms with E-state index < -0.39 is 0 Å². The number of rotatable bonds is 5. The standard InChI is InChI=1S/C12H18N2O/c1-3-9(2)15-8-10-5-4-6-11(7-10)12(13)14/h4-7,9H,3,8H2,1-2H3,(H3,13,14). The lowest BCUT2D eigenvalue weighted by atomic mass is 10.1. The van der Waals surface area contributed by atoms with Crippen molar-refractivity contribution in [2.24, 2.45) is 5.73 Å². The highest BCUT2D eigenvalue weighted by atomic mass is 16.5. The minimum Gasteiger partial charge on any atom is -0.384 e. The molecule has 1 atom stereocenters. The first-order valence-corrected chi connectivity index (χ1v) is 5.18. The lowest BCUT2D eigenvalue weighted by Crippen LogP contribution is -2.12. The van der Waals surface area contributed by atoms with Crippen molar-refractivity contribution >= 4 is 5.84 Å². The van der Waals surface area contributed by atoms with Crippen molar-refractivity contribution in [1.29, 1.82) is 5.41 Å². The molecule has 0 saturated heterocycles. The van der Waals surface area contributed by atoms with Gasteiger partial charge in [0.05, 0.1) is 12.7 Å². The number of ether oxygens (including phenoxy) is 1. The SMILES string of the molecule is CCC(C)OCc1cccc(C(=N)N)c1. The maximum Gasteiger partial charge on any atom is 0.122 e. The molecule has 0 amide bonds.